The lowest BCUT2D eigenvalue weighted by Crippen LogP contribution is -1.95. The largest absolute Gasteiger partial charge is 0.504 e. The number of phenols is 1. The topological polar surface area (TPSA) is 61.1 Å². The minimum atomic E-state index is -0.954. The third-order valence-corrected chi connectivity index (χ3v) is 1.59. The molecule has 13 heavy (non-hydrogen) atoms. The minimum absolute atomic E-state index is 0.0758. The molecule has 0 saturated carbocycles. The van der Waals surface area contributed by atoms with Gasteiger partial charge in [-0.3, -0.25) is 4.79 Å². The number of ketones is 1. The summed E-state index contributed by atoms with van der Waals surface area (Å²) in [5.74, 6) is -2.02. The van der Waals surface area contributed by atoms with E-state index in [1.807, 2.05) is 0 Å². The fraction of sp³-hybridized carbons (Fsp3) is 0.111. The molecule has 4 heteroatoms. The summed E-state index contributed by atoms with van der Waals surface area (Å²) in [5, 5.41) is 17.5. The van der Waals surface area contributed by atoms with E-state index in [9.17, 15) is 9.18 Å². The molecule has 0 aliphatic rings. The lowest BCUT2D eigenvalue weighted by Gasteiger charge is -2.00. The quantitative estimate of drug-likeness (QED) is 0.666. The van der Waals surface area contributed by atoms with Crippen LogP contribution in [0.5, 0.6) is 5.75 Å². The van der Waals surface area contributed by atoms with Crippen molar-refractivity contribution in [2.75, 3.05) is 0 Å². The second-order valence-electron chi connectivity index (χ2n) is 2.52. The van der Waals surface area contributed by atoms with Gasteiger partial charge in [0.15, 0.2) is 17.3 Å². The predicted molar refractivity (Wildman–Crippen MR) is 42.8 cm³/mol. The van der Waals surface area contributed by atoms with Gasteiger partial charge in [-0.05, 0) is 19.1 Å². The summed E-state index contributed by atoms with van der Waals surface area (Å²) < 4.78 is 12.8. The molecule has 0 aliphatic carbocycles. The summed E-state index contributed by atoms with van der Waals surface area (Å²) in [6.07, 6.45) is 0. The third-order valence-electron chi connectivity index (χ3n) is 1.59. The first kappa shape index (κ1) is 9.20. The van der Waals surface area contributed by atoms with Crippen molar-refractivity contribution in [2.24, 2.45) is 0 Å². The molecule has 0 aromatic heterocycles. The first-order valence-corrected chi connectivity index (χ1v) is 3.50. The van der Waals surface area contributed by atoms with Crippen LogP contribution in [-0.4, -0.2) is 10.9 Å². The number of rotatable bonds is 1. The summed E-state index contributed by atoms with van der Waals surface area (Å²) in [6.45, 7) is 1.26. The van der Waals surface area contributed by atoms with E-state index in [-0.39, 0.29) is 16.9 Å². The summed E-state index contributed by atoms with van der Waals surface area (Å²) in [4.78, 5) is 10.8. The first-order chi connectivity index (χ1) is 6.06. The van der Waals surface area contributed by atoms with Gasteiger partial charge in [-0.15, -0.1) is 0 Å². The van der Waals surface area contributed by atoms with Gasteiger partial charge in [0.05, 0.1) is 5.56 Å². The van der Waals surface area contributed by atoms with Crippen molar-refractivity contribution in [2.45, 2.75) is 6.92 Å². The number of nitriles is 1. The number of benzene rings is 1. The van der Waals surface area contributed by atoms with Crippen LogP contribution in [0.1, 0.15) is 22.8 Å². The molecule has 0 spiro atoms. The van der Waals surface area contributed by atoms with E-state index < -0.39 is 11.6 Å². The molecular formula is C9H6FNO2. The van der Waals surface area contributed by atoms with Crippen LogP contribution in [0.4, 0.5) is 4.39 Å². The molecule has 0 atom stereocenters. The number of hydrogen-bond acceptors (Lipinski definition) is 3. The maximum atomic E-state index is 12.8. The van der Waals surface area contributed by atoms with E-state index in [0.717, 1.165) is 12.1 Å². The predicted octanol–water partition coefficient (Wildman–Crippen LogP) is 1.61. The van der Waals surface area contributed by atoms with E-state index >= 15 is 0 Å². The second-order valence-corrected chi connectivity index (χ2v) is 2.52. The van der Waals surface area contributed by atoms with Crippen molar-refractivity contribution in [3.8, 4) is 11.8 Å². The maximum absolute atomic E-state index is 12.8. The summed E-state index contributed by atoms with van der Waals surface area (Å²) in [7, 11) is 0. The Kier molecular flexibility index (Phi) is 2.29. The molecule has 0 aliphatic heterocycles. The monoisotopic (exact) mass is 179 g/mol. The van der Waals surface area contributed by atoms with Crippen LogP contribution in [0.2, 0.25) is 0 Å². The number of carbonyl (C=O) groups excluding carboxylic acids is 1. The maximum Gasteiger partial charge on any atom is 0.169 e. The van der Waals surface area contributed by atoms with Gasteiger partial charge in [0.25, 0.3) is 0 Å². The molecule has 0 heterocycles. The highest BCUT2D eigenvalue weighted by Gasteiger charge is 2.11. The van der Waals surface area contributed by atoms with Gasteiger partial charge in [-0.2, -0.15) is 5.26 Å². The average molecular weight is 179 g/mol. The van der Waals surface area contributed by atoms with E-state index in [1.165, 1.54) is 6.92 Å². The van der Waals surface area contributed by atoms with Crippen molar-refractivity contribution in [1.29, 1.82) is 5.26 Å². The number of Topliss-reactive ketones (excluding diaryl/α,β-unsaturated/α-hetero) is 1. The number of carbonyl (C=O) groups is 1. The SMILES string of the molecule is CC(=O)c1cc(F)c(O)c(C#N)c1. The highest BCUT2D eigenvalue weighted by atomic mass is 19.1. The van der Waals surface area contributed by atoms with E-state index in [4.69, 9.17) is 10.4 Å². The van der Waals surface area contributed by atoms with Crippen molar-refractivity contribution >= 4 is 5.78 Å². The molecule has 0 radical (unpaired) electrons. The Morgan fingerprint density at radius 1 is 1.62 bits per heavy atom. The van der Waals surface area contributed by atoms with Gasteiger partial charge in [-0.1, -0.05) is 0 Å². The molecule has 1 rings (SSSR count). The minimum Gasteiger partial charge on any atom is -0.504 e. The molecule has 0 fully saturated rings. The fourth-order valence-electron chi connectivity index (χ4n) is 0.888. The van der Waals surface area contributed by atoms with Crippen LogP contribution >= 0.6 is 0 Å². The van der Waals surface area contributed by atoms with E-state index in [1.54, 1.807) is 6.07 Å². The van der Waals surface area contributed by atoms with Gasteiger partial charge in [0.2, 0.25) is 0 Å². The third kappa shape index (κ3) is 1.64. The second kappa shape index (κ2) is 3.23. The molecule has 1 aromatic rings. The molecule has 0 saturated heterocycles. The summed E-state index contributed by atoms with van der Waals surface area (Å²) in [5.41, 5.74) is -0.156. The smallest absolute Gasteiger partial charge is 0.169 e. The molecule has 0 unspecified atom stereocenters. The molecule has 66 valence electrons. The van der Waals surface area contributed by atoms with Gasteiger partial charge >= 0.3 is 0 Å². The Morgan fingerprint density at radius 2 is 2.23 bits per heavy atom. The Labute approximate surface area is 74.0 Å². The number of phenolic OH excluding ortho intramolecular Hbond substituents is 1. The molecule has 1 aromatic carbocycles. The number of nitrogens with zero attached hydrogens (tertiary/aromatic N) is 1. The zero-order valence-electron chi connectivity index (χ0n) is 6.84. The lowest BCUT2D eigenvalue weighted by molar-refractivity contribution is 0.101. The van der Waals surface area contributed by atoms with Crippen molar-refractivity contribution in [3.05, 3.63) is 29.1 Å². The summed E-state index contributed by atoms with van der Waals surface area (Å²) in [6, 6.07) is 3.64. The highest BCUT2D eigenvalue weighted by molar-refractivity contribution is 5.94. The van der Waals surface area contributed by atoms with Crippen LogP contribution in [0.15, 0.2) is 12.1 Å². The molecular weight excluding hydrogens is 173 g/mol. The Bertz CT molecular complexity index is 407. The van der Waals surface area contributed by atoms with Crippen LogP contribution < -0.4 is 0 Å². The van der Waals surface area contributed by atoms with Crippen molar-refractivity contribution in [1.82, 2.24) is 0 Å². The van der Waals surface area contributed by atoms with Gasteiger partial charge in [-0.25, -0.2) is 4.39 Å². The van der Waals surface area contributed by atoms with Crippen LogP contribution in [0.25, 0.3) is 0 Å². The van der Waals surface area contributed by atoms with Crippen LogP contribution in [0, 0.1) is 17.1 Å². The first-order valence-electron chi connectivity index (χ1n) is 3.50. The average Bonchev–Trinajstić information content (AvgIpc) is 2.09. The Hall–Kier alpha value is -1.89. The number of halogens is 1. The highest BCUT2D eigenvalue weighted by Crippen LogP contribution is 2.22. The Balaban J connectivity index is 3.41. The summed E-state index contributed by atoms with van der Waals surface area (Å²) >= 11 is 0. The van der Waals surface area contributed by atoms with Crippen molar-refractivity contribution in [3.63, 3.8) is 0 Å². The lowest BCUT2D eigenvalue weighted by atomic mass is 10.1. The fourth-order valence-corrected chi connectivity index (χ4v) is 0.888. The van der Waals surface area contributed by atoms with E-state index in [2.05, 4.69) is 0 Å². The number of aromatic hydroxyl groups is 1. The zero-order valence-corrected chi connectivity index (χ0v) is 6.84. The molecule has 0 amide bonds. The van der Waals surface area contributed by atoms with Gasteiger partial charge in [0.1, 0.15) is 6.07 Å². The van der Waals surface area contributed by atoms with Gasteiger partial charge < -0.3 is 5.11 Å². The van der Waals surface area contributed by atoms with E-state index in [0.29, 0.717) is 0 Å². The zero-order chi connectivity index (χ0) is 10.0. The van der Waals surface area contributed by atoms with Crippen molar-refractivity contribution < 1.29 is 14.3 Å². The normalized spacial score (nSPS) is 9.31. The number of hydrogen-bond donors (Lipinski definition) is 1. The molecule has 1 N–H and O–H groups in total. The Morgan fingerprint density at radius 3 is 2.69 bits per heavy atom. The van der Waals surface area contributed by atoms with Gasteiger partial charge in [0, 0.05) is 5.56 Å². The molecule has 3 nitrogen and oxygen atoms in total. The van der Waals surface area contributed by atoms with Crippen LogP contribution in [-0.2, 0) is 0 Å². The standard InChI is InChI=1S/C9H6FNO2/c1-5(12)6-2-7(4-11)9(13)8(10)3-6/h2-3,13H,1H3. The molecule has 0 bridgehead atoms. The van der Waals surface area contributed by atoms with Crippen LogP contribution in [0.3, 0.4) is 0 Å².